The molecule has 98 valence electrons. The number of rotatable bonds is 3. The third-order valence-corrected chi connectivity index (χ3v) is 3.03. The predicted octanol–water partition coefficient (Wildman–Crippen LogP) is 2.40. The highest BCUT2D eigenvalue weighted by Gasteiger charge is 2.09. The van der Waals surface area contributed by atoms with Gasteiger partial charge < -0.3 is 11.1 Å². The number of hydrogen-bond donors (Lipinski definition) is 2. The van der Waals surface area contributed by atoms with E-state index in [0.29, 0.717) is 16.4 Å². The molecular formula is C14H11N5S. The zero-order chi connectivity index (χ0) is 13.9. The maximum Gasteiger partial charge on any atom is 0.141 e. The summed E-state index contributed by atoms with van der Waals surface area (Å²) in [7, 11) is 0. The molecule has 0 saturated heterocycles. The highest BCUT2D eigenvalue weighted by molar-refractivity contribution is 7.80. The number of pyridine rings is 1. The van der Waals surface area contributed by atoms with Crippen molar-refractivity contribution in [1.82, 2.24) is 15.0 Å². The van der Waals surface area contributed by atoms with E-state index in [1.54, 1.807) is 12.4 Å². The van der Waals surface area contributed by atoms with Gasteiger partial charge in [-0.15, -0.1) is 0 Å². The Bertz CT molecular complexity index is 773. The van der Waals surface area contributed by atoms with E-state index < -0.39 is 0 Å². The first-order valence-corrected chi connectivity index (χ1v) is 6.36. The Morgan fingerprint density at radius 3 is 2.65 bits per heavy atom. The van der Waals surface area contributed by atoms with Crippen molar-refractivity contribution in [3.63, 3.8) is 0 Å². The summed E-state index contributed by atoms with van der Waals surface area (Å²) in [5.74, 6) is 0.603. The number of fused-ring (bicyclic) bond motifs is 1. The fraction of sp³-hybridized carbons (Fsp3) is 0. The first kappa shape index (κ1) is 12.4. The van der Waals surface area contributed by atoms with Crippen LogP contribution >= 0.6 is 12.2 Å². The molecule has 2 heterocycles. The van der Waals surface area contributed by atoms with E-state index in [1.165, 1.54) is 6.33 Å². The molecule has 0 unspecified atom stereocenters. The third-order valence-electron chi connectivity index (χ3n) is 2.81. The second-order valence-electron chi connectivity index (χ2n) is 4.19. The summed E-state index contributed by atoms with van der Waals surface area (Å²) in [6, 6.07) is 9.72. The molecule has 5 nitrogen and oxygen atoms in total. The van der Waals surface area contributed by atoms with Gasteiger partial charge in [-0.25, -0.2) is 15.0 Å². The lowest BCUT2D eigenvalue weighted by Gasteiger charge is -2.11. The second kappa shape index (κ2) is 5.18. The number of aromatic nitrogens is 3. The number of hydrogen-bond acceptors (Lipinski definition) is 5. The van der Waals surface area contributed by atoms with E-state index in [9.17, 15) is 0 Å². The summed E-state index contributed by atoms with van der Waals surface area (Å²) in [6.45, 7) is 0. The van der Waals surface area contributed by atoms with Gasteiger partial charge in [0.15, 0.2) is 0 Å². The van der Waals surface area contributed by atoms with Crippen molar-refractivity contribution in [3.8, 4) is 0 Å². The molecule has 0 aliphatic heterocycles. The molecule has 0 amide bonds. The molecular weight excluding hydrogens is 270 g/mol. The number of nitrogens with one attached hydrogen (secondary N) is 1. The molecule has 0 saturated carbocycles. The molecule has 0 atom stereocenters. The van der Waals surface area contributed by atoms with Gasteiger partial charge in [0.25, 0.3) is 0 Å². The number of nitrogens with zero attached hydrogens (tertiary/aromatic N) is 3. The molecule has 0 radical (unpaired) electrons. The fourth-order valence-electron chi connectivity index (χ4n) is 1.90. The maximum absolute atomic E-state index is 5.78. The van der Waals surface area contributed by atoms with Crippen molar-refractivity contribution < 1.29 is 0 Å². The first-order valence-electron chi connectivity index (χ1n) is 5.95. The van der Waals surface area contributed by atoms with Gasteiger partial charge in [-0.1, -0.05) is 30.4 Å². The Morgan fingerprint density at radius 1 is 1.15 bits per heavy atom. The Kier molecular flexibility index (Phi) is 3.22. The monoisotopic (exact) mass is 281 g/mol. The Balaban J connectivity index is 2.12. The average molecular weight is 281 g/mol. The third kappa shape index (κ3) is 2.41. The van der Waals surface area contributed by atoms with Crippen molar-refractivity contribution >= 4 is 39.6 Å². The number of benzene rings is 1. The molecule has 3 N–H and O–H groups in total. The van der Waals surface area contributed by atoms with Crippen LogP contribution in [0.2, 0.25) is 0 Å². The average Bonchev–Trinajstić information content (AvgIpc) is 2.47. The topological polar surface area (TPSA) is 76.7 Å². The van der Waals surface area contributed by atoms with Gasteiger partial charge in [-0.2, -0.15) is 0 Å². The van der Waals surface area contributed by atoms with Crippen molar-refractivity contribution in [3.05, 3.63) is 54.6 Å². The molecule has 20 heavy (non-hydrogen) atoms. The highest BCUT2D eigenvalue weighted by Crippen LogP contribution is 2.23. The zero-order valence-electron chi connectivity index (χ0n) is 10.4. The predicted molar refractivity (Wildman–Crippen MR) is 82.9 cm³/mol. The summed E-state index contributed by atoms with van der Waals surface area (Å²) in [5, 5.41) is 4.13. The highest BCUT2D eigenvalue weighted by atomic mass is 32.1. The van der Waals surface area contributed by atoms with Crippen LogP contribution in [-0.2, 0) is 0 Å². The molecule has 1 aromatic carbocycles. The van der Waals surface area contributed by atoms with E-state index in [-0.39, 0.29) is 0 Å². The van der Waals surface area contributed by atoms with Gasteiger partial charge in [0, 0.05) is 5.39 Å². The number of nitrogens with two attached hydrogens (primary N) is 1. The van der Waals surface area contributed by atoms with Crippen molar-refractivity contribution in [2.45, 2.75) is 0 Å². The smallest absolute Gasteiger partial charge is 0.141 e. The fourth-order valence-corrected chi connectivity index (χ4v) is 2.06. The van der Waals surface area contributed by atoms with Crippen LogP contribution in [0, 0.1) is 0 Å². The minimum absolute atomic E-state index is 0.294. The van der Waals surface area contributed by atoms with E-state index in [4.69, 9.17) is 18.0 Å². The SMILES string of the molecule is NC(=S)c1cc2ccccc2nc1Nc1cncnc1. The minimum Gasteiger partial charge on any atom is -0.389 e. The Hall–Kier alpha value is -2.60. The second-order valence-corrected chi connectivity index (χ2v) is 4.63. The molecule has 0 aliphatic carbocycles. The molecule has 0 aliphatic rings. The maximum atomic E-state index is 5.78. The van der Waals surface area contributed by atoms with Crippen LogP contribution in [0.15, 0.2) is 49.1 Å². The lowest BCUT2D eigenvalue weighted by atomic mass is 10.1. The van der Waals surface area contributed by atoms with Crippen LogP contribution in [0.5, 0.6) is 0 Å². The number of para-hydroxylation sites is 1. The summed E-state index contributed by atoms with van der Waals surface area (Å²) in [4.78, 5) is 12.8. The van der Waals surface area contributed by atoms with Gasteiger partial charge in [-0.3, -0.25) is 0 Å². The normalized spacial score (nSPS) is 10.4. The van der Waals surface area contributed by atoms with Gasteiger partial charge in [0.05, 0.1) is 29.2 Å². The van der Waals surface area contributed by atoms with Gasteiger partial charge in [-0.05, 0) is 12.1 Å². The summed E-state index contributed by atoms with van der Waals surface area (Å²) >= 11 is 5.10. The molecule has 0 bridgehead atoms. The number of anilines is 2. The zero-order valence-corrected chi connectivity index (χ0v) is 11.3. The molecule has 2 aromatic heterocycles. The molecule has 6 heteroatoms. The number of thiocarbonyl (C=S) groups is 1. The van der Waals surface area contributed by atoms with E-state index in [0.717, 1.165) is 16.6 Å². The minimum atomic E-state index is 0.294. The molecule has 0 spiro atoms. The van der Waals surface area contributed by atoms with Crippen LogP contribution in [0.1, 0.15) is 5.56 Å². The molecule has 3 aromatic rings. The van der Waals surface area contributed by atoms with Gasteiger partial charge in [0.1, 0.15) is 17.1 Å². The summed E-state index contributed by atoms with van der Waals surface area (Å²) in [5.41, 5.74) is 8.07. The largest absolute Gasteiger partial charge is 0.389 e. The Labute approximate surface area is 120 Å². The van der Waals surface area contributed by atoms with Crippen molar-refractivity contribution in [2.24, 2.45) is 5.73 Å². The molecule has 0 fully saturated rings. The lowest BCUT2D eigenvalue weighted by molar-refractivity contribution is 1.16. The van der Waals surface area contributed by atoms with Crippen molar-refractivity contribution in [2.75, 3.05) is 5.32 Å². The van der Waals surface area contributed by atoms with E-state index in [2.05, 4.69) is 20.3 Å². The van der Waals surface area contributed by atoms with Gasteiger partial charge >= 0.3 is 0 Å². The lowest BCUT2D eigenvalue weighted by Crippen LogP contribution is -2.13. The van der Waals surface area contributed by atoms with Crippen molar-refractivity contribution in [1.29, 1.82) is 0 Å². The molecule has 3 rings (SSSR count). The van der Waals surface area contributed by atoms with Crippen LogP contribution in [0.3, 0.4) is 0 Å². The van der Waals surface area contributed by atoms with Crippen LogP contribution in [-0.4, -0.2) is 19.9 Å². The van der Waals surface area contributed by atoms with Crippen LogP contribution in [0.25, 0.3) is 10.9 Å². The van der Waals surface area contributed by atoms with Crippen LogP contribution < -0.4 is 11.1 Å². The summed E-state index contributed by atoms with van der Waals surface area (Å²) in [6.07, 6.45) is 4.79. The standard InChI is InChI=1S/C14H11N5S/c15-13(20)11-5-9-3-1-2-4-12(9)19-14(11)18-10-6-16-8-17-7-10/h1-8H,(H2,15,20)(H,18,19). The first-order chi connectivity index (χ1) is 9.74. The van der Waals surface area contributed by atoms with E-state index in [1.807, 2.05) is 30.3 Å². The van der Waals surface area contributed by atoms with E-state index >= 15 is 0 Å². The van der Waals surface area contributed by atoms with Gasteiger partial charge in [0.2, 0.25) is 0 Å². The Morgan fingerprint density at radius 2 is 1.90 bits per heavy atom. The van der Waals surface area contributed by atoms with Crippen LogP contribution in [0.4, 0.5) is 11.5 Å². The summed E-state index contributed by atoms with van der Waals surface area (Å²) < 4.78 is 0. The quantitative estimate of drug-likeness (QED) is 0.718.